The lowest BCUT2D eigenvalue weighted by molar-refractivity contribution is -0.742. The Morgan fingerprint density at radius 2 is 1.56 bits per heavy atom. The van der Waals surface area contributed by atoms with Gasteiger partial charge in [-0.1, -0.05) is 0 Å². The molecule has 1 aromatic rings. The molecule has 16 heavy (non-hydrogen) atoms. The molecule has 0 aliphatic carbocycles. The highest BCUT2D eigenvalue weighted by Crippen LogP contribution is 2.22. The van der Waals surface area contributed by atoms with Crippen LogP contribution in [-0.4, -0.2) is 10.3 Å². The van der Waals surface area contributed by atoms with E-state index >= 15 is 0 Å². The Hall–Kier alpha value is -2.10. The predicted molar refractivity (Wildman–Crippen MR) is 42.9 cm³/mol. The summed E-state index contributed by atoms with van der Waals surface area (Å²) in [6.45, 7) is 0. The van der Waals surface area contributed by atoms with Crippen LogP contribution in [0.15, 0.2) is 6.07 Å². The number of nitrogens with zero attached hydrogens (tertiary/aromatic N) is 1. The van der Waals surface area contributed by atoms with Crippen LogP contribution < -0.4 is 11.3 Å². The third-order valence-electron chi connectivity index (χ3n) is 1.26. The first kappa shape index (κ1) is 13.9. The number of nitrogens with two attached hydrogens (primary N) is 1. The smallest absolute Gasteiger partial charge is 0.291 e. The Kier molecular flexibility index (Phi) is 4.95. The maximum atomic E-state index is 12.5. The molecule has 0 fully saturated rings. The highest BCUT2D eigenvalue weighted by Gasteiger charge is 2.17. The molecule has 0 radical (unpaired) electrons. The molecule has 0 bridgehead atoms. The molecule has 4 N–H and O–H groups in total. The van der Waals surface area contributed by atoms with Gasteiger partial charge in [0.15, 0.2) is 23.3 Å². The van der Waals surface area contributed by atoms with Crippen molar-refractivity contribution < 1.29 is 27.9 Å². The van der Waals surface area contributed by atoms with Gasteiger partial charge >= 0.3 is 0 Å². The summed E-state index contributed by atoms with van der Waals surface area (Å²) in [5.74, 6) is -1.46. The first-order valence-corrected chi connectivity index (χ1v) is 3.44. The Morgan fingerprint density at radius 3 is 1.81 bits per heavy atom. The minimum absolute atomic E-state index is 0.103. The van der Waals surface area contributed by atoms with Gasteiger partial charge in [0.05, 0.1) is 0 Å². The standard InChI is InChI=1S/C6H4F4N2.HNO3/c7-2-1-3(8)5(10)6(12-11)4(2)9;2-1(3)4/h1,12H,11H2;(H,2,3,4). The predicted octanol–water partition coefficient (Wildman–Crippen LogP) is 1.18. The monoisotopic (exact) mass is 243 g/mol. The zero-order valence-corrected chi connectivity index (χ0v) is 7.38. The Labute approximate surface area is 85.4 Å². The van der Waals surface area contributed by atoms with Crippen LogP contribution in [0, 0.1) is 33.4 Å². The second kappa shape index (κ2) is 5.70. The van der Waals surface area contributed by atoms with Crippen LogP contribution in [-0.2, 0) is 0 Å². The number of nitrogens with one attached hydrogen (secondary N) is 1. The van der Waals surface area contributed by atoms with E-state index in [1.54, 1.807) is 0 Å². The van der Waals surface area contributed by atoms with Crippen LogP contribution in [0.25, 0.3) is 0 Å². The Balaban J connectivity index is 0.000000487. The number of nitrogen functional groups attached to an aromatic ring is 1. The van der Waals surface area contributed by atoms with Gasteiger partial charge in [-0.2, -0.15) is 0 Å². The van der Waals surface area contributed by atoms with Crippen LogP contribution in [0.1, 0.15) is 0 Å². The highest BCUT2D eigenvalue weighted by molar-refractivity contribution is 5.45. The molecule has 0 atom stereocenters. The topological polar surface area (TPSA) is 101 Å². The number of anilines is 1. The van der Waals surface area contributed by atoms with Gasteiger partial charge in [0.2, 0.25) is 0 Å². The van der Waals surface area contributed by atoms with E-state index in [4.69, 9.17) is 15.3 Å². The van der Waals surface area contributed by atoms with Crippen molar-refractivity contribution in [1.29, 1.82) is 0 Å². The van der Waals surface area contributed by atoms with Gasteiger partial charge in [0, 0.05) is 6.07 Å². The van der Waals surface area contributed by atoms with E-state index in [1.807, 2.05) is 0 Å². The average molecular weight is 243 g/mol. The number of hydrogen-bond donors (Lipinski definition) is 3. The summed E-state index contributed by atoms with van der Waals surface area (Å²) >= 11 is 0. The van der Waals surface area contributed by atoms with Crippen LogP contribution in [0.5, 0.6) is 0 Å². The minimum Gasteiger partial charge on any atom is -0.328 e. The number of halogens is 4. The minimum atomic E-state index is -1.55. The molecule has 0 amide bonds. The molecule has 1 aromatic carbocycles. The second-order valence-corrected chi connectivity index (χ2v) is 2.23. The molecule has 90 valence electrons. The molecule has 0 aliphatic rings. The molecular formula is C6H5F4N3O3. The average Bonchev–Trinajstić information content (AvgIpc) is 2.15. The van der Waals surface area contributed by atoms with Crippen molar-refractivity contribution in [3.63, 3.8) is 0 Å². The molecule has 0 unspecified atom stereocenters. The molecule has 0 aromatic heterocycles. The molecule has 0 spiro atoms. The fourth-order valence-corrected chi connectivity index (χ4v) is 0.700. The lowest BCUT2D eigenvalue weighted by Gasteiger charge is -2.04. The van der Waals surface area contributed by atoms with Gasteiger partial charge in [0.25, 0.3) is 5.09 Å². The van der Waals surface area contributed by atoms with Crippen molar-refractivity contribution in [1.82, 2.24) is 0 Å². The molecule has 1 rings (SSSR count). The summed E-state index contributed by atoms with van der Waals surface area (Å²) in [6.07, 6.45) is 0. The number of rotatable bonds is 1. The normalized spacial score (nSPS) is 9.06. The van der Waals surface area contributed by atoms with Gasteiger partial charge in [-0.15, -0.1) is 10.1 Å². The van der Waals surface area contributed by atoms with Crippen LogP contribution >= 0.6 is 0 Å². The van der Waals surface area contributed by atoms with E-state index in [1.165, 1.54) is 5.43 Å². The number of benzene rings is 1. The lowest BCUT2D eigenvalue weighted by Crippen LogP contribution is -2.12. The zero-order chi connectivity index (χ0) is 12.9. The fraction of sp³-hybridized carbons (Fsp3) is 0. The SMILES string of the molecule is NNc1c(F)c(F)cc(F)c1F.O=[N+]([O-])O. The van der Waals surface area contributed by atoms with Crippen LogP contribution in [0.2, 0.25) is 0 Å². The molecule has 6 nitrogen and oxygen atoms in total. The highest BCUT2D eigenvalue weighted by atomic mass is 19.2. The van der Waals surface area contributed by atoms with E-state index in [0.29, 0.717) is 0 Å². The lowest BCUT2D eigenvalue weighted by atomic mass is 10.2. The van der Waals surface area contributed by atoms with Crippen molar-refractivity contribution in [3.05, 3.63) is 39.4 Å². The van der Waals surface area contributed by atoms with Crippen LogP contribution in [0.4, 0.5) is 23.2 Å². The van der Waals surface area contributed by atoms with Gasteiger partial charge in [-0.3, -0.25) is 5.84 Å². The largest absolute Gasteiger partial charge is 0.328 e. The molecule has 0 aliphatic heterocycles. The van der Waals surface area contributed by atoms with Gasteiger partial charge < -0.3 is 10.6 Å². The summed E-state index contributed by atoms with van der Waals surface area (Å²) in [5, 5.41) is 13.6. The second-order valence-electron chi connectivity index (χ2n) is 2.23. The van der Waals surface area contributed by atoms with Gasteiger partial charge in [-0.05, 0) is 0 Å². The Bertz CT molecular complexity index is 371. The van der Waals surface area contributed by atoms with Gasteiger partial charge in [-0.25, -0.2) is 17.6 Å². The molecule has 0 heterocycles. The fourth-order valence-electron chi connectivity index (χ4n) is 0.700. The zero-order valence-electron chi connectivity index (χ0n) is 7.38. The first-order chi connectivity index (χ1) is 7.31. The van der Waals surface area contributed by atoms with Gasteiger partial charge in [0.1, 0.15) is 5.69 Å². The first-order valence-electron chi connectivity index (χ1n) is 3.44. The summed E-state index contributed by atoms with van der Waals surface area (Å²) in [7, 11) is 0. The maximum Gasteiger partial charge on any atom is 0.291 e. The third kappa shape index (κ3) is 3.57. The van der Waals surface area contributed by atoms with E-state index in [2.05, 4.69) is 5.84 Å². The van der Waals surface area contributed by atoms with Crippen LogP contribution in [0.3, 0.4) is 0 Å². The quantitative estimate of drug-likeness (QED) is 0.226. The van der Waals surface area contributed by atoms with E-state index in [9.17, 15) is 17.6 Å². The van der Waals surface area contributed by atoms with Crippen molar-refractivity contribution >= 4 is 5.69 Å². The van der Waals surface area contributed by atoms with E-state index in [0.717, 1.165) is 0 Å². The van der Waals surface area contributed by atoms with Crippen molar-refractivity contribution in [2.45, 2.75) is 0 Å². The summed E-state index contributed by atoms with van der Waals surface area (Å²) < 4.78 is 49.7. The molecule has 0 saturated heterocycles. The van der Waals surface area contributed by atoms with Crippen molar-refractivity contribution in [3.8, 4) is 0 Å². The number of hydrazine groups is 1. The maximum absolute atomic E-state index is 12.5. The summed E-state index contributed by atoms with van der Waals surface area (Å²) in [4.78, 5) is 8.36. The Morgan fingerprint density at radius 1 is 1.25 bits per heavy atom. The van der Waals surface area contributed by atoms with E-state index in [-0.39, 0.29) is 6.07 Å². The molecule has 0 saturated carbocycles. The van der Waals surface area contributed by atoms with Crippen molar-refractivity contribution in [2.24, 2.45) is 5.84 Å². The molecule has 10 heteroatoms. The number of hydrogen-bond acceptors (Lipinski definition) is 4. The van der Waals surface area contributed by atoms with E-state index < -0.39 is 34.0 Å². The summed E-state index contributed by atoms with van der Waals surface area (Å²) in [6, 6.07) is 0.103. The molecular weight excluding hydrogens is 238 g/mol. The summed E-state index contributed by atoms with van der Waals surface area (Å²) in [5.41, 5.74) is 0.494. The van der Waals surface area contributed by atoms with Crippen molar-refractivity contribution in [2.75, 3.05) is 5.43 Å². The third-order valence-corrected chi connectivity index (χ3v) is 1.26.